The van der Waals surface area contributed by atoms with Crippen LogP contribution in [0.25, 0.3) is 0 Å². The van der Waals surface area contributed by atoms with Crippen molar-refractivity contribution in [2.75, 3.05) is 0 Å². The van der Waals surface area contributed by atoms with Crippen molar-refractivity contribution in [2.45, 2.75) is 18.9 Å². The average Bonchev–Trinajstić information content (AvgIpc) is 2.39. The lowest BCUT2D eigenvalue weighted by molar-refractivity contribution is 0.473. The monoisotopic (exact) mass is 247 g/mol. The Bertz CT molecular complexity index is 539. The molecule has 0 heterocycles. The molecule has 1 atom stereocenters. The number of halogens is 2. The van der Waals surface area contributed by atoms with Crippen LogP contribution < -0.4 is 5.73 Å². The highest BCUT2D eigenvalue weighted by Crippen LogP contribution is 2.32. The fourth-order valence-corrected chi connectivity index (χ4v) is 2.14. The summed E-state index contributed by atoms with van der Waals surface area (Å²) in [7, 11) is 0. The van der Waals surface area contributed by atoms with Gasteiger partial charge in [0.2, 0.25) is 0 Å². The van der Waals surface area contributed by atoms with Gasteiger partial charge in [0.1, 0.15) is 11.6 Å². The minimum Gasteiger partial charge on any atom is -0.318 e. The van der Waals surface area contributed by atoms with E-state index < -0.39 is 17.2 Å². The lowest BCUT2D eigenvalue weighted by Gasteiger charge is -2.29. The lowest BCUT2D eigenvalue weighted by Crippen LogP contribution is -2.38. The minimum atomic E-state index is -0.932. The third-order valence-electron chi connectivity index (χ3n) is 3.26. The summed E-state index contributed by atoms with van der Waals surface area (Å²) in [6.07, 6.45) is 0.527. The molecule has 3 heteroatoms. The highest BCUT2D eigenvalue weighted by atomic mass is 19.1. The van der Waals surface area contributed by atoms with E-state index in [-0.39, 0.29) is 0 Å². The third-order valence-corrected chi connectivity index (χ3v) is 3.26. The Labute approximate surface area is 105 Å². The van der Waals surface area contributed by atoms with Gasteiger partial charge >= 0.3 is 0 Å². The van der Waals surface area contributed by atoms with E-state index in [9.17, 15) is 8.78 Å². The lowest BCUT2D eigenvalue weighted by atomic mass is 9.81. The molecule has 0 amide bonds. The largest absolute Gasteiger partial charge is 0.318 e. The van der Waals surface area contributed by atoms with Crippen LogP contribution in [0.1, 0.15) is 24.5 Å². The van der Waals surface area contributed by atoms with Crippen LogP contribution in [-0.2, 0) is 5.54 Å². The van der Waals surface area contributed by atoms with Crippen LogP contribution in [0.4, 0.5) is 8.78 Å². The number of hydrogen-bond acceptors (Lipinski definition) is 1. The van der Waals surface area contributed by atoms with Crippen molar-refractivity contribution in [2.24, 2.45) is 5.73 Å². The van der Waals surface area contributed by atoms with E-state index in [1.807, 2.05) is 37.3 Å². The van der Waals surface area contributed by atoms with E-state index >= 15 is 0 Å². The third kappa shape index (κ3) is 2.14. The van der Waals surface area contributed by atoms with Gasteiger partial charge in [0.15, 0.2) is 0 Å². The van der Waals surface area contributed by atoms with Gasteiger partial charge in [-0.15, -0.1) is 0 Å². The fourth-order valence-electron chi connectivity index (χ4n) is 2.14. The second-order valence-electron chi connectivity index (χ2n) is 4.32. The molecule has 0 aliphatic carbocycles. The predicted molar refractivity (Wildman–Crippen MR) is 68.1 cm³/mol. The zero-order valence-electron chi connectivity index (χ0n) is 10.2. The van der Waals surface area contributed by atoms with E-state index in [1.165, 1.54) is 12.1 Å². The van der Waals surface area contributed by atoms with Crippen LogP contribution in [0.5, 0.6) is 0 Å². The molecule has 0 aliphatic rings. The molecule has 2 N–H and O–H groups in total. The maximum atomic E-state index is 13.9. The molecule has 0 bridgehead atoms. The Morgan fingerprint density at radius 1 is 1.06 bits per heavy atom. The van der Waals surface area contributed by atoms with Crippen molar-refractivity contribution >= 4 is 0 Å². The molecule has 18 heavy (non-hydrogen) atoms. The first-order valence-electron chi connectivity index (χ1n) is 5.88. The molecule has 0 saturated carbocycles. The number of benzene rings is 2. The molecule has 0 radical (unpaired) electrons. The van der Waals surface area contributed by atoms with E-state index in [2.05, 4.69) is 0 Å². The normalized spacial score (nSPS) is 14.2. The topological polar surface area (TPSA) is 26.0 Å². The van der Waals surface area contributed by atoms with E-state index in [1.54, 1.807) is 0 Å². The van der Waals surface area contributed by atoms with Gasteiger partial charge in [0, 0.05) is 11.6 Å². The zero-order valence-corrected chi connectivity index (χ0v) is 10.2. The van der Waals surface area contributed by atoms with Crippen LogP contribution in [0.2, 0.25) is 0 Å². The van der Waals surface area contributed by atoms with Gasteiger partial charge in [0.25, 0.3) is 0 Å². The summed E-state index contributed by atoms with van der Waals surface area (Å²) in [6.45, 7) is 1.88. The molecule has 2 rings (SSSR count). The molecular weight excluding hydrogens is 232 g/mol. The molecule has 0 saturated heterocycles. The van der Waals surface area contributed by atoms with Gasteiger partial charge in [-0.3, -0.25) is 0 Å². The first kappa shape index (κ1) is 12.7. The highest BCUT2D eigenvalue weighted by Gasteiger charge is 2.30. The minimum absolute atomic E-state index is 0.317. The Morgan fingerprint density at radius 3 is 2.28 bits per heavy atom. The van der Waals surface area contributed by atoms with Gasteiger partial charge < -0.3 is 5.73 Å². The van der Waals surface area contributed by atoms with E-state index in [0.717, 1.165) is 11.6 Å². The smallest absolute Gasteiger partial charge is 0.131 e. The van der Waals surface area contributed by atoms with Crippen molar-refractivity contribution < 1.29 is 8.78 Å². The van der Waals surface area contributed by atoms with Crippen LogP contribution in [-0.4, -0.2) is 0 Å². The molecule has 1 nitrogen and oxygen atoms in total. The summed E-state index contributed by atoms with van der Waals surface area (Å²) >= 11 is 0. The quantitative estimate of drug-likeness (QED) is 0.881. The number of nitrogens with two attached hydrogens (primary N) is 1. The first-order valence-corrected chi connectivity index (χ1v) is 5.88. The first-order chi connectivity index (χ1) is 8.58. The number of hydrogen-bond donors (Lipinski definition) is 1. The predicted octanol–water partition coefficient (Wildman–Crippen LogP) is 3.58. The molecule has 0 fully saturated rings. The maximum absolute atomic E-state index is 13.9. The summed E-state index contributed by atoms with van der Waals surface area (Å²) in [4.78, 5) is 0. The summed E-state index contributed by atoms with van der Waals surface area (Å²) in [5.74, 6) is -1.20. The maximum Gasteiger partial charge on any atom is 0.131 e. The highest BCUT2D eigenvalue weighted by molar-refractivity contribution is 5.38. The molecule has 2 aromatic rings. The Hall–Kier alpha value is -1.74. The Balaban J connectivity index is 2.57. The van der Waals surface area contributed by atoms with Crippen LogP contribution >= 0.6 is 0 Å². The van der Waals surface area contributed by atoms with Gasteiger partial charge in [-0.2, -0.15) is 0 Å². The van der Waals surface area contributed by atoms with Crippen molar-refractivity contribution in [3.8, 4) is 0 Å². The molecule has 0 spiro atoms. The van der Waals surface area contributed by atoms with E-state index in [4.69, 9.17) is 5.73 Å². The molecule has 0 aliphatic heterocycles. The fraction of sp³-hybridized carbons (Fsp3) is 0.200. The van der Waals surface area contributed by atoms with Gasteiger partial charge in [-0.05, 0) is 18.1 Å². The second-order valence-corrected chi connectivity index (χ2v) is 4.32. The van der Waals surface area contributed by atoms with Gasteiger partial charge in [0.05, 0.1) is 5.54 Å². The summed E-state index contributed by atoms with van der Waals surface area (Å²) in [6, 6.07) is 12.8. The zero-order chi connectivity index (χ0) is 13.2. The van der Waals surface area contributed by atoms with Crippen molar-refractivity contribution in [1.82, 2.24) is 0 Å². The second kappa shape index (κ2) is 4.86. The molecule has 0 aromatic heterocycles. The Kier molecular flexibility index (Phi) is 3.43. The molecule has 2 aromatic carbocycles. The molecule has 1 unspecified atom stereocenters. The van der Waals surface area contributed by atoms with Crippen LogP contribution in [0.3, 0.4) is 0 Å². The summed E-state index contributed by atoms with van der Waals surface area (Å²) in [5, 5.41) is 0. The summed E-state index contributed by atoms with van der Waals surface area (Å²) in [5.41, 5.74) is 6.53. The van der Waals surface area contributed by atoms with Crippen molar-refractivity contribution in [1.29, 1.82) is 0 Å². The van der Waals surface area contributed by atoms with Crippen LogP contribution in [0.15, 0.2) is 48.5 Å². The van der Waals surface area contributed by atoms with E-state index in [0.29, 0.717) is 12.0 Å². The number of rotatable bonds is 3. The van der Waals surface area contributed by atoms with Gasteiger partial charge in [-0.1, -0.05) is 43.3 Å². The molecule has 94 valence electrons. The average molecular weight is 247 g/mol. The standard InChI is InChI=1S/C15H15F2N/c1-2-15(18,11-6-4-3-5-7-11)13-9-8-12(16)10-14(13)17/h3-10H,2,18H2,1H3. The Morgan fingerprint density at radius 2 is 1.72 bits per heavy atom. The molecular formula is C15H15F2N. The van der Waals surface area contributed by atoms with Crippen molar-refractivity contribution in [3.05, 3.63) is 71.3 Å². The van der Waals surface area contributed by atoms with Gasteiger partial charge in [-0.25, -0.2) is 8.78 Å². The summed E-state index contributed by atoms with van der Waals surface area (Å²) < 4.78 is 26.9. The van der Waals surface area contributed by atoms with Crippen molar-refractivity contribution in [3.63, 3.8) is 0 Å². The SMILES string of the molecule is CCC(N)(c1ccccc1)c1ccc(F)cc1F. The van der Waals surface area contributed by atoms with Crippen LogP contribution in [0, 0.1) is 11.6 Å².